The predicted octanol–water partition coefficient (Wildman–Crippen LogP) is 9.40. The first-order chi connectivity index (χ1) is 15.2. The molecule has 0 nitrogen and oxygen atoms in total. The predicted molar refractivity (Wildman–Crippen MR) is 135 cm³/mol. The summed E-state index contributed by atoms with van der Waals surface area (Å²) in [5, 5.41) is 0.821. The highest BCUT2D eigenvalue weighted by Crippen LogP contribution is 2.40. The van der Waals surface area contributed by atoms with Gasteiger partial charge in [0.2, 0.25) is 0 Å². The van der Waals surface area contributed by atoms with Crippen molar-refractivity contribution < 1.29 is 0 Å². The van der Waals surface area contributed by atoms with Gasteiger partial charge in [0.05, 0.1) is 0 Å². The van der Waals surface area contributed by atoms with Crippen molar-refractivity contribution in [1.29, 1.82) is 0 Å². The molecule has 2 aliphatic rings. The zero-order chi connectivity index (χ0) is 21.5. The second-order valence-corrected chi connectivity index (χ2v) is 10.9. The molecule has 1 heteroatoms. The quantitative estimate of drug-likeness (QED) is 0.386. The second kappa shape index (κ2) is 11.6. The average molecular weight is 437 g/mol. The minimum Gasteiger partial charge on any atom is -0.0843 e. The highest BCUT2D eigenvalue weighted by atomic mass is 35.5. The molecule has 2 saturated carbocycles. The summed E-state index contributed by atoms with van der Waals surface area (Å²) in [5.41, 5.74) is 4.39. The summed E-state index contributed by atoms with van der Waals surface area (Å²) in [6.45, 7) is 2.37. The third kappa shape index (κ3) is 6.85. The molecule has 168 valence electrons. The monoisotopic (exact) mass is 436 g/mol. The van der Waals surface area contributed by atoms with Crippen molar-refractivity contribution in [2.75, 3.05) is 0 Å². The van der Waals surface area contributed by atoms with Crippen LogP contribution in [0.1, 0.15) is 100 Å². The fourth-order valence-electron chi connectivity index (χ4n) is 6.08. The zero-order valence-corrected chi connectivity index (χ0v) is 20.3. The van der Waals surface area contributed by atoms with E-state index in [2.05, 4.69) is 43.3 Å². The molecular weight excluding hydrogens is 396 g/mol. The van der Waals surface area contributed by atoms with E-state index in [-0.39, 0.29) is 0 Å². The molecule has 0 saturated heterocycles. The fraction of sp³-hybridized carbons (Fsp3) is 0.600. The van der Waals surface area contributed by atoms with Crippen LogP contribution in [-0.2, 0) is 12.8 Å². The maximum Gasteiger partial charge on any atom is 0.0406 e. The van der Waals surface area contributed by atoms with Crippen LogP contribution in [0.25, 0.3) is 0 Å². The molecule has 0 heterocycles. The van der Waals surface area contributed by atoms with Crippen molar-refractivity contribution in [3.05, 3.63) is 70.2 Å². The van der Waals surface area contributed by atoms with Gasteiger partial charge in [-0.1, -0.05) is 99.9 Å². The van der Waals surface area contributed by atoms with Gasteiger partial charge in [0.25, 0.3) is 0 Å². The molecule has 2 aromatic rings. The Kier molecular flexibility index (Phi) is 8.54. The van der Waals surface area contributed by atoms with Gasteiger partial charge in [-0.2, -0.15) is 0 Å². The summed E-state index contributed by atoms with van der Waals surface area (Å²) >= 11 is 5.99. The van der Waals surface area contributed by atoms with Crippen LogP contribution < -0.4 is 0 Å². The maximum atomic E-state index is 5.99. The van der Waals surface area contributed by atoms with Crippen molar-refractivity contribution in [3.63, 3.8) is 0 Å². The molecule has 31 heavy (non-hydrogen) atoms. The van der Waals surface area contributed by atoms with E-state index in [0.29, 0.717) is 0 Å². The first-order valence-electron chi connectivity index (χ1n) is 13.0. The molecule has 2 fully saturated rings. The van der Waals surface area contributed by atoms with Gasteiger partial charge in [-0.05, 0) is 91.0 Å². The molecule has 0 N–H and O–H groups in total. The largest absolute Gasteiger partial charge is 0.0843 e. The Morgan fingerprint density at radius 1 is 0.613 bits per heavy atom. The fourth-order valence-corrected chi connectivity index (χ4v) is 6.21. The molecule has 2 aliphatic carbocycles. The third-order valence-corrected chi connectivity index (χ3v) is 8.69. The van der Waals surface area contributed by atoms with Gasteiger partial charge in [0.15, 0.2) is 0 Å². The van der Waals surface area contributed by atoms with E-state index in [4.69, 9.17) is 11.6 Å². The number of hydrogen-bond acceptors (Lipinski definition) is 0. The molecule has 0 aliphatic heterocycles. The van der Waals surface area contributed by atoms with Crippen molar-refractivity contribution in [2.45, 2.75) is 96.3 Å². The summed E-state index contributed by atoms with van der Waals surface area (Å²) in [6, 6.07) is 17.8. The number of halogens is 1. The van der Waals surface area contributed by atoms with Crippen LogP contribution in [0.3, 0.4) is 0 Å². The molecule has 0 spiro atoms. The highest BCUT2D eigenvalue weighted by Gasteiger charge is 2.25. The lowest BCUT2D eigenvalue weighted by molar-refractivity contribution is 0.227. The Bertz CT molecular complexity index is 759. The SMILES string of the molecule is CCC1CCC(CCC2CCC(c3ccc(CCc4ccc(Cl)cc4)cc3)CC2)CC1. The van der Waals surface area contributed by atoms with Crippen LogP contribution in [0.5, 0.6) is 0 Å². The molecule has 0 atom stereocenters. The average Bonchev–Trinajstić information content (AvgIpc) is 2.83. The molecule has 4 rings (SSSR count). The van der Waals surface area contributed by atoms with E-state index in [1.54, 1.807) is 5.56 Å². The van der Waals surface area contributed by atoms with Gasteiger partial charge >= 0.3 is 0 Å². The Morgan fingerprint density at radius 2 is 1.06 bits per heavy atom. The standard InChI is InChI=1S/C30H41Cl/c1-2-23-3-5-24(6-4-23)7-8-25-11-17-28(18-12-25)29-19-13-26(14-20-29)9-10-27-15-21-30(31)22-16-27/h13-16,19-25,28H,2-12,17-18H2,1H3. The van der Waals surface area contributed by atoms with Crippen LogP contribution >= 0.6 is 11.6 Å². The maximum absolute atomic E-state index is 5.99. The Hall–Kier alpha value is -1.27. The summed E-state index contributed by atoms with van der Waals surface area (Å²) in [5.74, 6) is 3.87. The second-order valence-electron chi connectivity index (χ2n) is 10.5. The summed E-state index contributed by atoms with van der Waals surface area (Å²) in [4.78, 5) is 0. The van der Waals surface area contributed by atoms with E-state index in [1.807, 2.05) is 12.1 Å². The van der Waals surface area contributed by atoms with E-state index in [0.717, 1.165) is 41.5 Å². The Morgan fingerprint density at radius 3 is 1.58 bits per heavy atom. The Balaban J connectivity index is 1.17. The van der Waals surface area contributed by atoms with Crippen molar-refractivity contribution in [2.24, 2.45) is 17.8 Å². The van der Waals surface area contributed by atoms with E-state index in [1.165, 1.54) is 81.8 Å². The smallest absolute Gasteiger partial charge is 0.0406 e. The van der Waals surface area contributed by atoms with Crippen molar-refractivity contribution >= 4 is 11.6 Å². The molecular formula is C30H41Cl. The third-order valence-electron chi connectivity index (χ3n) is 8.44. The van der Waals surface area contributed by atoms with E-state index >= 15 is 0 Å². The van der Waals surface area contributed by atoms with Gasteiger partial charge < -0.3 is 0 Å². The van der Waals surface area contributed by atoms with Gasteiger partial charge in [-0.15, -0.1) is 0 Å². The van der Waals surface area contributed by atoms with Crippen molar-refractivity contribution in [3.8, 4) is 0 Å². The van der Waals surface area contributed by atoms with E-state index in [9.17, 15) is 0 Å². The molecule has 0 radical (unpaired) electrons. The summed E-state index contributed by atoms with van der Waals surface area (Å²) in [7, 11) is 0. The minimum absolute atomic E-state index is 0.793. The molecule has 2 aromatic carbocycles. The summed E-state index contributed by atoms with van der Waals surface area (Å²) < 4.78 is 0. The first-order valence-corrected chi connectivity index (χ1v) is 13.4. The molecule has 0 unspecified atom stereocenters. The van der Waals surface area contributed by atoms with Crippen LogP contribution in [0.2, 0.25) is 5.02 Å². The lowest BCUT2D eigenvalue weighted by Crippen LogP contribution is -2.17. The van der Waals surface area contributed by atoms with E-state index < -0.39 is 0 Å². The highest BCUT2D eigenvalue weighted by molar-refractivity contribution is 6.30. The lowest BCUT2D eigenvalue weighted by Gasteiger charge is -2.32. The van der Waals surface area contributed by atoms with Gasteiger partial charge in [-0.25, -0.2) is 0 Å². The summed E-state index contributed by atoms with van der Waals surface area (Å²) in [6.07, 6.45) is 18.3. The lowest BCUT2D eigenvalue weighted by atomic mass is 9.74. The minimum atomic E-state index is 0.793. The first kappa shape index (κ1) is 22.9. The number of hydrogen-bond donors (Lipinski definition) is 0. The van der Waals surface area contributed by atoms with Crippen LogP contribution in [0, 0.1) is 17.8 Å². The molecule has 0 bridgehead atoms. The van der Waals surface area contributed by atoms with Crippen molar-refractivity contribution in [1.82, 2.24) is 0 Å². The molecule has 0 amide bonds. The van der Waals surface area contributed by atoms with Crippen LogP contribution in [-0.4, -0.2) is 0 Å². The number of rotatable bonds is 8. The molecule has 0 aromatic heterocycles. The number of aryl methyl sites for hydroxylation is 2. The van der Waals surface area contributed by atoms with Crippen LogP contribution in [0.15, 0.2) is 48.5 Å². The van der Waals surface area contributed by atoms with Gasteiger partial charge in [0.1, 0.15) is 0 Å². The topological polar surface area (TPSA) is 0 Å². The van der Waals surface area contributed by atoms with Gasteiger partial charge in [0, 0.05) is 5.02 Å². The zero-order valence-electron chi connectivity index (χ0n) is 19.5. The normalized spacial score (nSPS) is 26.6. The Labute approximate surface area is 195 Å². The van der Waals surface area contributed by atoms with Gasteiger partial charge in [-0.3, -0.25) is 0 Å². The number of benzene rings is 2. The van der Waals surface area contributed by atoms with Crippen LogP contribution in [0.4, 0.5) is 0 Å².